The van der Waals surface area contributed by atoms with Crippen LogP contribution in [0.2, 0.25) is 0 Å². The highest BCUT2D eigenvalue weighted by Crippen LogP contribution is 2.68. The van der Waals surface area contributed by atoms with Crippen molar-refractivity contribution >= 4 is 0 Å². The quantitative estimate of drug-likeness (QED) is 0.746. The molecule has 2 aliphatic heterocycles. The second kappa shape index (κ2) is 6.69. The summed E-state index contributed by atoms with van der Waals surface area (Å²) in [5, 5.41) is 9.23. The van der Waals surface area contributed by atoms with Crippen LogP contribution in [-0.2, 0) is 18.9 Å². The zero-order chi connectivity index (χ0) is 18.5. The van der Waals surface area contributed by atoms with Gasteiger partial charge in [-0.1, -0.05) is 6.92 Å². The first kappa shape index (κ1) is 18.4. The number of ether oxygens (including phenoxy) is 4. The summed E-state index contributed by atoms with van der Waals surface area (Å²) < 4.78 is 25.1. The molecule has 0 radical (unpaired) electrons. The molecule has 2 saturated heterocycles. The van der Waals surface area contributed by atoms with Gasteiger partial charge in [0, 0.05) is 30.6 Å². The normalized spacial score (nSPS) is 44.3. The zero-order valence-corrected chi connectivity index (χ0v) is 16.6. The van der Waals surface area contributed by atoms with E-state index in [1.165, 1.54) is 25.7 Å². The van der Waals surface area contributed by atoms with Crippen LogP contribution in [-0.4, -0.2) is 38.0 Å². The minimum Gasteiger partial charge on any atom is -0.347 e. The zero-order valence-electron chi connectivity index (χ0n) is 16.6. The van der Waals surface area contributed by atoms with Crippen molar-refractivity contribution in [2.24, 2.45) is 29.1 Å². The second-order valence-electron chi connectivity index (χ2n) is 9.32. The van der Waals surface area contributed by atoms with Crippen molar-refractivity contribution in [3.8, 4) is 6.07 Å². The van der Waals surface area contributed by atoms with Crippen LogP contribution >= 0.6 is 0 Å². The first-order chi connectivity index (χ1) is 13.2. The predicted octanol–water partition coefficient (Wildman–Crippen LogP) is 4.02. The Hall–Kier alpha value is -0.670. The molecular weight excluding hydrogens is 342 g/mol. The first-order valence-electron chi connectivity index (χ1n) is 11.1. The van der Waals surface area contributed by atoms with E-state index < -0.39 is 5.79 Å². The smallest absolute Gasteiger partial charge is 0.174 e. The van der Waals surface area contributed by atoms with Gasteiger partial charge in [0.1, 0.15) is 0 Å². The third-order valence-electron chi connectivity index (χ3n) is 8.88. The van der Waals surface area contributed by atoms with E-state index in [4.69, 9.17) is 18.9 Å². The molecule has 27 heavy (non-hydrogen) atoms. The van der Waals surface area contributed by atoms with E-state index in [1.54, 1.807) is 0 Å². The SMILES string of the molecule is CC[C@]12CCC3C(CCC4(OCCO4)C3CCC#N)[C@@H]1CCC21OCCO1. The molecule has 5 heteroatoms. The van der Waals surface area contributed by atoms with Gasteiger partial charge in [0.2, 0.25) is 0 Å². The molecule has 5 atom stereocenters. The summed E-state index contributed by atoms with van der Waals surface area (Å²) in [5.41, 5.74) is 0.173. The molecule has 0 aromatic rings. The Bertz CT molecular complexity index is 604. The van der Waals surface area contributed by atoms with Crippen molar-refractivity contribution in [2.45, 2.75) is 76.3 Å². The van der Waals surface area contributed by atoms with E-state index in [0.29, 0.717) is 43.3 Å². The lowest BCUT2D eigenvalue weighted by molar-refractivity contribution is -0.275. The van der Waals surface area contributed by atoms with Crippen LogP contribution in [0.1, 0.15) is 64.7 Å². The van der Waals surface area contributed by atoms with E-state index in [-0.39, 0.29) is 11.2 Å². The average Bonchev–Trinajstić information content (AvgIpc) is 3.43. The van der Waals surface area contributed by atoms with Crippen LogP contribution in [0.15, 0.2) is 0 Å². The molecule has 2 spiro atoms. The van der Waals surface area contributed by atoms with Gasteiger partial charge in [-0.2, -0.15) is 5.26 Å². The Morgan fingerprint density at radius 2 is 1.59 bits per heavy atom. The Morgan fingerprint density at radius 1 is 0.889 bits per heavy atom. The van der Waals surface area contributed by atoms with Crippen LogP contribution < -0.4 is 0 Å². The molecule has 5 nitrogen and oxygen atoms in total. The molecule has 0 N–H and O–H groups in total. The highest BCUT2D eigenvalue weighted by Gasteiger charge is 2.68. The summed E-state index contributed by atoms with van der Waals surface area (Å²) in [6, 6.07) is 2.37. The first-order valence-corrected chi connectivity index (χ1v) is 11.1. The summed E-state index contributed by atoms with van der Waals surface area (Å²) in [5.74, 6) is 1.58. The van der Waals surface area contributed by atoms with Crippen LogP contribution in [0.25, 0.3) is 0 Å². The highest BCUT2D eigenvalue weighted by atomic mass is 16.7. The highest BCUT2D eigenvalue weighted by molar-refractivity contribution is 5.13. The largest absolute Gasteiger partial charge is 0.347 e. The summed E-state index contributed by atoms with van der Waals surface area (Å²) in [6.45, 7) is 5.24. The maximum Gasteiger partial charge on any atom is 0.174 e. The Labute approximate surface area is 162 Å². The molecule has 3 aliphatic carbocycles. The summed E-state index contributed by atoms with van der Waals surface area (Å²) >= 11 is 0. The van der Waals surface area contributed by atoms with E-state index in [1.807, 2.05) is 0 Å². The Kier molecular flexibility index (Phi) is 4.55. The van der Waals surface area contributed by atoms with Gasteiger partial charge in [0.25, 0.3) is 0 Å². The van der Waals surface area contributed by atoms with Gasteiger partial charge >= 0.3 is 0 Å². The topological polar surface area (TPSA) is 60.7 Å². The van der Waals surface area contributed by atoms with Crippen molar-refractivity contribution in [3.63, 3.8) is 0 Å². The number of nitrogens with zero attached hydrogens (tertiary/aromatic N) is 1. The number of fused-ring (bicyclic) bond motifs is 4. The molecule has 3 saturated carbocycles. The van der Waals surface area contributed by atoms with Gasteiger partial charge in [0.05, 0.1) is 32.5 Å². The van der Waals surface area contributed by atoms with Crippen molar-refractivity contribution < 1.29 is 18.9 Å². The van der Waals surface area contributed by atoms with Gasteiger partial charge < -0.3 is 18.9 Å². The minimum absolute atomic E-state index is 0.173. The third kappa shape index (κ3) is 2.43. The van der Waals surface area contributed by atoms with Gasteiger partial charge in [-0.3, -0.25) is 0 Å². The van der Waals surface area contributed by atoms with Crippen molar-refractivity contribution in [3.05, 3.63) is 0 Å². The number of nitriles is 1. The maximum absolute atomic E-state index is 9.23. The lowest BCUT2D eigenvalue weighted by atomic mass is 9.50. The molecule has 0 amide bonds. The number of rotatable bonds is 3. The molecule has 0 aromatic carbocycles. The molecule has 2 heterocycles. The average molecular weight is 376 g/mol. The van der Waals surface area contributed by atoms with E-state index in [0.717, 1.165) is 38.9 Å². The van der Waals surface area contributed by atoms with Gasteiger partial charge in [-0.05, 0) is 56.3 Å². The second-order valence-corrected chi connectivity index (χ2v) is 9.32. The summed E-state index contributed by atoms with van der Waals surface area (Å²) in [7, 11) is 0. The molecule has 0 bridgehead atoms. The minimum atomic E-state index is -0.416. The fourth-order valence-electron chi connectivity index (χ4n) is 7.96. The summed E-state index contributed by atoms with van der Waals surface area (Å²) in [4.78, 5) is 0. The lowest BCUT2D eigenvalue weighted by Crippen LogP contribution is -2.58. The molecular formula is C22H33NO4. The van der Waals surface area contributed by atoms with Gasteiger partial charge in [-0.15, -0.1) is 0 Å². The van der Waals surface area contributed by atoms with Crippen LogP contribution in [0, 0.1) is 40.4 Å². The van der Waals surface area contributed by atoms with Crippen LogP contribution in [0.4, 0.5) is 0 Å². The Morgan fingerprint density at radius 3 is 2.30 bits per heavy atom. The molecule has 0 aromatic heterocycles. The number of hydrogen-bond acceptors (Lipinski definition) is 5. The fourth-order valence-corrected chi connectivity index (χ4v) is 7.96. The molecule has 150 valence electrons. The summed E-state index contributed by atoms with van der Waals surface area (Å²) in [6.07, 6.45) is 9.43. The van der Waals surface area contributed by atoms with E-state index in [2.05, 4.69) is 13.0 Å². The standard InChI is InChI=1S/C22H33NO4/c1-2-20-8-5-17-16(18(20)7-10-22(20)26-14-15-27-22)6-9-21(24-12-13-25-21)19(17)4-3-11-23/h16-19H,2-10,12-15H2,1H3/t16?,17?,18-,19?,20-/m0/s1. The Balaban J connectivity index is 1.46. The van der Waals surface area contributed by atoms with Crippen LogP contribution in [0.3, 0.4) is 0 Å². The third-order valence-corrected chi connectivity index (χ3v) is 8.88. The molecule has 5 rings (SSSR count). The van der Waals surface area contributed by atoms with E-state index in [9.17, 15) is 5.26 Å². The van der Waals surface area contributed by atoms with Crippen molar-refractivity contribution in [1.29, 1.82) is 5.26 Å². The van der Waals surface area contributed by atoms with Crippen molar-refractivity contribution in [2.75, 3.05) is 26.4 Å². The monoisotopic (exact) mass is 375 g/mol. The maximum atomic E-state index is 9.23. The fraction of sp³-hybridized carbons (Fsp3) is 0.955. The lowest BCUT2D eigenvalue weighted by Gasteiger charge is -2.58. The van der Waals surface area contributed by atoms with E-state index >= 15 is 0 Å². The van der Waals surface area contributed by atoms with Crippen molar-refractivity contribution in [1.82, 2.24) is 0 Å². The molecule has 5 aliphatic rings. The van der Waals surface area contributed by atoms with Crippen LogP contribution in [0.5, 0.6) is 0 Å². The number of hydrogen-bond donors (Lipinski definition) is 0. The molecule has 5 fully saturated rings. The predicted molar refractivity (Wildman–Crippen MR) is 98.5 cm³/mol. The molecule has 3 unspecified atom stereocenters. The van der Waals surface area contributed by atoms with Gasteiger partial charge in [-0.25, -0.2) is 0 Å². The van der Waals surface area contributed by atoms with Gasteiger partial charge in [0.15, 0.2) is 11.6 Å².